The van der Waals surface area contributed by atoms with E-state index in [1.165, 1.54) is 0 Å². The number of hydrogen-bond donors (Lipinski definition) is 1. The molecule has 3 aromatic rings. The van der Waals surface area contributed by atoms with Gasteiger partial charge in [0.25, 0.3) is 5.91 Å². The monoisotopic (exact) mass is 352 g/mol. The van der Waals surface area contributed by atoms with Gasteiger partial charge >= 0.3 is 0 Å². The lowest BCUT2D eigenvalue weighted by atomic mass is 10.1. The number of nitrogens with one attached hydrogen (secondary N) is 1. The van der Waals surface area contributed by atoms with Gasteiger partial charge in [-0.15, -0.1) is 11.3 Å². The fraction of sp³-hybridized carbons (Fsp3) is 0.200. The van der Waals surface area contributed by atoms with Gasteiger partial charge in [0, 0.05) is 22.3 Å². The van der Waals surface area contributed by atoms with Crippen LogP contribution in [0.5, 0.6) is 5.75 Å². The Hall–Kier alpha value is -2.66. The van der Waals surface area contributed by atoms with Crippen LogP contribution in [0.2, 0.25) is 0 Å². The number of hydrogen-bond acceptors (Lipinski definition) is 4. The number of nitrogens with zero attached hydrogens (tertiary/aromatic N) is 1. The number of aromatic nitrogens is 1. The molecule has 128 valence electrons. The molecule has 0 bridgehead atoms. The van der Waals surface area contributed by atoms with Crippen molar-refractivity contribution >= 4 is 22.9 Å². The molecule has 1 amide bonds. The van der Waals surface area contributed by atoms with Gasteiger partial charge in [-0.05, 0) is 68.3 Å². The van der Waals surface area contributed by atoms with Crippen LogP contribution < -0.4 is 10.1 Å². The van der Waals surface area contributed by atoms with Gasteiger partial charge in [-0.1, -0.05) is 6.07 Å². The summed E-state index contributed by atoms with van der Waals surface area (Å²) < 4.78 is 5.71. The molecule has 2 aromatic carbocycles. The number of aryl methyl sites for hydroxylation is 3. The van der Waals surface area contributed by atoms with E-state index in [1.807, 2.05) is 38.3 Å². The fourth-order valence-corrected chi connectivity index (χ4v) is 3.25. The first-order valence-corrected chi connectivity index (χ1v) is 8.91. The van der Waals surface area contributed by atoms with Crippen molar-refractivity contribution in [2.24, 2.45) is 0 Å². The number of carbonyl (C=O) groups excluding carboxylic acids is 1. The second-order valence-electron chi connectivity index (χ2n) is 6.03. The predicted octanol–water partition coefficient (Wildman–Crippen LogP) is 4.90. The summed E-state index contributed by atoms with van der Waals surface area (Å²) in [6.45, 7) is 6.42. The third-order valence-electron chi connectivity index (χ3n) is 3.62. The quantitative estimate of drug-likeness (QED) is 0.710. The largest absolute Gasteiger partial charge is 0.486 e. The molecular formula is C20H20N2O2S. The predicted molar refractivity (Wildman–Crippen MR) is 101 cm³/mol. The summed E-state index contributed by atoms with van der Waals surface area (Å²) in [5, 5.41) is 5.87. The molecule has 5 heteroatoms. The fourth-order valence-electron chi connectivity index (χ4n) is 2.57. The number of amides is 1. The van der Waals surface area contributed by atoms with Gasteiger partial charge in [-0.3, -0.25) is 4.79 Å². The molecular weight excluding hydrogens is 332 g/mol. The SMILES string of the molecule is Cc1cc(C)cc(NC(=O)c2ccc(OCc3nc(C)cs3)cc2)c1. The van der Waals surface area contributed by atoms with Crippen LogP contribution in [0, 0.1) is 20.8 Å². The topological polar surface area (TPSA) is 51.2 Å². The van der Waals surface area contributed by atoms with Crippen LogP contribution in [0.4, 0.5) is 5.69 Å². The van der Waals surface area contributed by atoms with E-state index >= 15 is 0 Å². The van der Waals surface area contributed by atoms with Crippen molar-refractivity contribution < 1.29 is 9.53 Å². The molecule has 0 unspecified atom stereocenters. The Morgan fingerprint density at radius 3 is 2.36 bits per heavy atom. The van der Waals surface area contributed by atoms with E-state index in [4.69, 9.17) is 4.74 Å². The van der Waals surface area contributed by atoms with Crippen molar-refractivity contribution in [3.8, 4) is 5.75 Å². The molecule has 0 aliphatic rings. The van der Waals surface area contributed by atoms with Crippen molar-refractivity contribution in [2.45, 2.75) is 27.4 Å². The number of ether oxygens (including phenoxy) is 1. The molecule has 1 aromatic heterocycles. The Bertz CT molecular complexity index is 865. The Morgan fingerprint density at radius 1 is 1.08 bits per heavy atom. The van der Waals surface area contributed by atoms with Crippen molar-refractivity contribution in [3.63, 3.8) is 0 Å². The normalized spacial score (nSPS) is 10.5. The molecule has 1 heterocycles. The summed E-state index contributed by atoms with van der Waals surface area (Å²) in [5.41, 5.74) is 4.65. The summed E-state index contributed by atoms with van der Waals surface area (Å²) in [5.74, 6) is 0.586. The van der Waals surface area contributed by atoms with Crippen LogP contribution in [-0.2, 0) is 6.61 Å². The Morgan fingerprint density at radius 2 is 1.76 bits per heavy atom. The lowest BCUT2D eigenvalue weighted by Gasteiger charge is -2.09. The van der Waals surface area contributed by atoms with Gasteiger partial charge in [0.1, 0.15) is 17.4 Å². The number of benzene rings is 2. The lowest BCUT2D eigenvalue weighted by molar-refractivity contribution is 0.102. The van der Waals surface area contributed by atoms with E-state index in [2.05, 4.69) is 16.4 Å². The second-order valence-corrected chi connectivity index (χ2v) is 6.97. The summed E-state index contributed by atoms with van der Waals surface area (Å²) in [6, 6.07) is 13.1. The van der Waals surface area contributed by atoms with Gasteiger partial charge in [0.2, 0.25) is 0 Å². The minimum absolute atomic E-state index is 0.132. The van der Waals surface area contributed by atoms with E-state index in [1.54, 1.807) is 35.6 Å². The first kappa shape index (κ1) is 17.2. The molecule has 1 N–H and O–H groups in total. The summed E-state index contributed by atoms with van der Waals surface area (Å²) >= 11 is 1.58. The zero-order chi connectivity index (χ0) is 17.8. The molecule has 0 saturated carbocycles. The smallest absolute Gasteiger partial charge is 0.255 e. The number of thiazole rings is 1. The third-order valence-corrected chi connectivity index (χ3v) is 4.57. The highest BCUT2D eigenvalue weighted by Gasteiger charge is 2.07. The highest BCUT2D eigenvalue weighted by Crippen LogP contribution is 2.18. The molecule has 0 fully saturated rings. The third kappa shape index (κ3) is 4.67. The standard InChI is InChI=1S/C20H20N2O2S/c1-13-8-14(2)10-17(9-13)22-20(23)16-4-6-18(7-5-16)24-11-19-21-15(3)12-25-19/h4-10,12H,11H2,1-3H3,(H,22,23). The van der Waals surface area contributed by atoms with Gasteiger partial charge in [-0.2, -0.15) is 0 Å². The minimum Gasteiger partial charge on any atom is -0.486 e. The maximum absolute atomic E-state index is 12.4. The maximum Gasteiger partial charge on any atom is 0.255 e. The summed E-state index contributed by atoms with van der Waals surface area (Å²) in [7, 11) is 0. The van der Waals surface area contributed by atoms with Crippen LogP contribution in [-0.4, -0.2) is 10.9 Å². The average molecular weight is 352 g/mol. The maximum atomic E-state index is 12.4. The zero-order valence-corrected chi connectivity index (χ0v) is 15.3. The molecule has 0 saturated heterocycles. The molecule has 25 heavy (non-hydrogen) atoms. The van der Waals surface area contributed by atoms with Crippen molar-refractivity contribution in [1.29, 1.82) is 0 Å². The van der Waals surface area contributed by atoms with Crippen LogP contribution in [0.25, 0.3) is 0 Å². The molecule has 4 nitrogen and oxygen atoms in total. The second kappa shape index (κ2) is 7.49. The highest BCUT2D eigenvalue weighted by molar-refractivity contribution is 7.09. The summed E-state index contributed by atoms with van der Waals surface area (Å²) in [4.78, 5) is 16.7. The van der Waals surface area contributed by atoms with Gasteiger partial charge in [-0.25, -0.2) is 4.98 Å². The number of anilines is 1. The van der Waals surface area contributed by atoms with E-state index in [9.17, 15) is 4.79 Å². The van der Waals surface area contributed by atoms with Crippen LogP contribution in [0.3, 0.4) is 0 Å². The first-order chi connectivity index (χ1) is 12.0. The molecule has 0 spiro atoms. The van der Waals surface area contributed by atoms with Gasteiger partial charge in [0.15, 0.2) is 0 Å². The lowest BCUT2D eigenvalue weighted by Crippen LogP contribution is -2.12. The average Bonchev–Trinajstić information content (AvgIpc) is 2.98. The van der Waals surface area contributed by atoms with Crippen molar-refractivity contribution in [1.82, 2.24) is 4.98 Å². The van der Waals surface area contributed by atoms with E-state index in [-0.39, 0.29) is 5.91 Å². The van der Waals surface area contributed by atoms with E-state index < -0.39 is 0 Å². The molecule has 0 radical (unpaired) electrons. The number of carbonyl (C=O) groups is 1. The summed E-state index contributed by atoms with van der Waals surface area (Å²) in [6.07, 6.45) is 0. The minimum atomic E-state index is -0.132. The molecule has 3 rings (SSSR count). The van der Waals surface area contributed by atoms with Crippen molar-refractivity contribution in [2.75, 3.05) is 5.32 Å². The molecule has 0 atom stereocenters. The Balaban J connectivity index is 1.62. The molecule has 0 aliphatic carbocycles. The van der Waals surface area contributed by atoms with Crippen LogP contribution >= 0.6 is 11.3 Å². The Labute approximate surface area is 151 Å². The van der Waals surface area contributed by atoms with Crippen molar-refractivity contribution in [3.05, 3.63) is 75.2 Å². The number of rotatable bonds is 5. The zero-order valence-electron chi connectivity index (χ0n) is 14.5. The van der Waals surface area contributed by atoms with Crippen LogP contribution in [0.15, 0.2) is 47.8 Å². The van der Waals surface area contributed by atoms with E-state index in [0.717, 1.165) is 33.3 Å². The first-order valence-electron chi connectivity index (χ1n) is 8.03. The van der Waals surface area contributed by atoms with Gasteiger partial charge < -0.3 is 10.1 Å². The van der Waals surface area contributed by atoms with Gasteiger partial charge in [0.05, 0.1) is 0 Å². The Kier molecular flexibility index (Phi) is 5.14. The van der Waals surface area contributed by atoms with E-state index in [0.29, 0.717) is 12.2 Å². The highest BCUT2D eigenvalue weighted by atomic mass is 32.1. The molecule has 0 aliphatic heterocycles. The van der Waals surface area contributed by atoms with Crippen LogP contribution in [0.1, 0.15) is 32.2 Å².